The van der Waals surface area contributed by atoms with Gasteiger partial charge in [-0.05, 0) is 33.7 Å². The largest absolute Gasteiger partial charge is 0.368 e. The van der Waals surface area contributed by atoms with Gasteiger partial charge in [-0.15, -0.1) is 11.8 Å². The summed E-state index contributed by atoms with van der Waals surface area (Å²) in [5.41, 5.74) is 3.02. The number of ether oxygens (including phenoxy) is 5. The Kier molecular flexibility index (Phi) is 8.59. The van der Waals surface area contributed by atoms with Gasteiger partial charge in [-0.25, -0.2) is 0 Å². The molecule has 4 aromatic carbocycles. The Morgan fingerprint density at radius 1 is 0.718 bits per heavy atom. The van der Waals surface area contributed by atoms with Crippen molar-refractivity contribution in [1.29, 1.82) is 0 Å². The fourth-order valence-electron chi connectivity index (χ4n) is 5.28. The first-order valence-corrected chi connectivity index (χ1v) is 14.7. The molecule has 0 aliphatic carbocycles. The van der Waals surface area contributed by atoms with Crippen LogP contribution in [0.25, 0.3) is 10.8 Å². The molecule has 2 saturated heterocycles. The van der Waals surface area contributed by atoms with Gasteiger partial charge >= 0.3 is 0 Å². The fraction of sp³-hybridized carbons (Fsp3) is 0.333. The zero-order valence-electron chi connectivity index (χ0n) is 22.1. The van der Waals surface area contributed by atoms with Crippen LogP contribution in [0.3, 0.4) is 0 Å². The van der Waals surface area contributed by atoms with Crippen molar-refractivity contribution >= 4 is 22.5 Å². The molecule has 5 nitrogen and oxygen atoms in total. The highest BCUT2D eigenvalue weighted by Gasteiger charge is 2.51. The molecule has 6 rings (SSSR count). The van der Waals surface area contributed by atoms with E-state index in [1.165, 1.54) is 10.8 Å². The summed E-state index contributed by atoms with van der Waals surface area (Å²) >= 11 is 1.74. The van der Waals surface area contributed by atoms with Gasteiger partial charge in [0.05, 0.1) is 19.8 Å². The Hall–Kier alpha value is -2.71. The predicted octanol–water partition coefficient (Wildman–Crippen LogP) is 6.90. The lowest BCUT2D eigenvalue weighted by molar-refractivity contribution is -0.329. The summed E-state index contributed by atoms with van der Waals surface area (Å²) in [5, 5.41) is 2.42. The minimum absolute atomic E-state index is 0.193. The molecule has 0 spiro atoms. The molecule has 0 bridgehead atoms. The summed E-state index contributed by atoms with van der Waals surface area (Å²) in [6.07, 6.45) is -1.71. The smallest absolute Gasteiger partial charge is 0.184 e. The third-order valence-electron chi connectivity index (χ3n) is 7.23. The van der Waals surface area contributed by atoms with Crippen LogP contribution in [0.1, 0.15) is 29.9 Å². The zero-order valence-corrected chi connectivity index (χ0v) is 22.9. The second kappa shape index (κ2) is 12.6. The first-order chi connectivity index (χ1) is 19.3. The van der Waals surface area contributed by atoms with Gasteiger partial charge in [-0.1, -0.05) is 104 Å². The van der Waals surface area contributed by atoms with E-state index in [0.29, 0.717) is 19.8 Å². The lowest BCUT2D eigenvalue weighted by Gasteiger charge is -2.49. The maximum Gasteiger partial charge on any atom is 0.184 e. The average molecular weight is 543 g/mol. The van der Waals surface area contributed by atoms with Crippen molar-refractivity contribution in [2.75, 3.05) is 12.4 Å². The Morgan fingerprint density at radius 3 is 2.21 bits per heavy atom. The van der Waals surface area contributed by atoms with Gasteiger partial charge in [0.2, 0.25) is 0 Å². The van der Waals surface area contributed by atoms with Crippen molar-refractivity contribution in [3.8, 4) is 0 Å². The molecule has 2 aliphatic heterocycles. The third-order valence-corrected chi connectivity index (χ3v) is 8.27. The van der Waals surface area contributed by atoms with E-state index in [-0.39, 0.29) is 29.9 Å². The number of fused-ring (bicyclic) bond motifs is 2. The number of hydrogen-bond donors (Lipinski definition) is 0. The molecule has 2 fully saturated rings. The fourth-order valence-corrected chi connectivity index (χ4v) is 6.25. The maximum atomic E-state index is 6.75. The molecule has 0 unspecified atom stereocenters. The quantitative estimate of drug-likeness (QED) is 0.229. The summed E-state index contributed by atoms with van der Waals surface area (Å²) in [6.45, 7) is 3.50. The number of thioether (sulfide) groups is 1. The second-order valence-corrected chi connectivity index (χ2v) is 11.3. The van der Waals surface area contributed by atoms with Crippen molar-refractivity contribution in [3.05, 3.63) is 120 Å². The van der Waals surface area contributed by atoms with Crippen LogP contribution in [0.5, 0.6) is 0 Å². The molecule has 0 N–H and O–H groups in total. The van der Waals surface area contributed by atoms with Crippen LogP contribution >= 0.6 is 11.8 Å². The van der Waals surface area contributed by atoms with Crippen LogP contribution in [0.4, 0.5) is 0 Å². The minimum atomic E-state index is -0.479. The van der Waals surface area contributed by atoms with E-state index in [4.69, 9.17) is 23.7 Å². The topological polar surface area (TPSA) is 46.2 Å². The molecule has 39 heavy (non-hydrogen) atoms. The van der Waals surface area contributed by atoms with Crippen molar-refractivity contribution in [3.63, 3.8) is 0 Å². The molecule has 202 valence electrons. The minimum Gasteiger partial charge on any atom is -0.368 e. The highest BCUT2D eigenvalue weighted by molar-refractivity contribution is 7.99. The molecular weight excluding hydrogens is 508 g/mol. The van der Waals surface area contributed by atoms with Gasteiger partial charge in [-0.2, -0.15) is 0 Å². The van der Waals surface area contributed by atoms with E-state index in [0.717, 1.165) is 22.4 Å². The predicted molar refractivity (Wildman–Crippen MR) is 154 cm³/mol. The molecule has 6 heteroatoms. The van der Waals surface area contributed by atoms with E-state index in [2.05, 4.69) is 61.5 Å². The van der Waals surface area contributed by atoms with Crippen molar-refractivity contribution < 1.29 is 23.7 Å². The van der Waals surface area contributed by atoms with Gasteiger partial charge in [0, 0.05) is 5.56 Å². The SMILES string of the molecule is CCS[C@H]1O[C@@H]2CO[C@@H](c3ccccc3)O[C@H]2[C@H](OCc2ccc3ccccc3c2)[C@@H]1OCc1ccccc1. The molecule has 4 aromatic rings. The lowest BCUT2D eigenvalue weighted by atomic mass is 9.98. The Bertz CT molecular complexity index is 1330. The van der Waals surface area contributed by atoms with Crippen molar-refractivity contribution in [1.82, 2.24) is 0 Å². The third kappa shape index (κ3) is 6.22. The zero-order chi connectivity index (χ0) is 26.4. The van der Waals surface area contributed by atoms with E-state index >= 15 is 0 Å². The van der Waals surface area contributed by atoms with Gasteiger partial charge < -0.3 is 23.7 Å². The maximum absolute atomic E-state index is 6.75. The molecule has 0 aromatic heterocycles. The van der Waals surface area contributed by atoms with Crippen molar-refractivity contribution in [2.24, 2.45) is 0 Å². The summed E-state index contributed by atoms with van der Waals surface area (Å²) in [5.74, 6) is 0.902. The van der Waals surface area contributed by atoms with E-state index in [1.807, 2.05) is 48.5 Å². The standard InChI is InChI=1S/C33H34O5S/c1-2-39-33-31(35-20-23-11-5-3-6-12-23)30(34-21-24-17-18-25-13-9-10-16-27(25)19-24)29-28(37-33)22-36-32(38-29)26-14-7-4-8-15-26/h3-19,28-33H,2,20-22H2,1H3/t28-,29-,30+,31+,32-,33-/m1/s1. The van der Waals surface area contributed by atoms with Crippen LogP contribution in [0.15, 0.2) is 103 Å². The van der Waals surface area contributed by atoms with Crippen LogP contribution in [0.2, 0.25) is 0 Å². The molecule has 0 saturated carbocycles. The van der Waals surface area contributed by atoms with Crippen LogP contribution in [-0.4, -0.2) is 42.2 Å². The van der Waals surface area contributed by atoms with E-state index in [9.17, 15) is 0 Å². The molecule has 0 radical (unpaired) electrons. The summed E-state index contributed by atoms with van der Waals surface area (Å²) in [4.78, 5) is 0. The van der Waals surface area contributed by atoms with Crippen LogP contribution in [-0.2, 0) is 36.9 Å². The van der Waals surface area contributed by atoms with Gasteiger partial charge in [-0.3, -0.25) is 0 Å². The molecular formula is C33H34O5S. The Labute approximate surface area is 234 Å². The molecule has 2 aliphatic rings. The van der Waals surface area contributed by atoms with E-state index in [1.54, 1.807) is 11.8 Å². The number of rotatable bonds is 9. The van der Waals surface area contributed by atoms with Crippen LogP contribution < -0.4 is 0 Å². The molecule has 0 amide bonds. The highest BCUT2D eigenvalue weighted by atomic mass is 32.2. The van der Waals surface area contributed by atoms with Crippen LogP contribution in [0, 0.1) is 0 Å². The Morgan fingerprint density at radius 2 is 1.41 bits per heavy atom. The Balaban J connectivity index is 1.28. The molecule has 2 heterocycles. The number of hydrogen-bond acceptors (Lipinski definition) is 6. The number of benzene rings is 4. The summed E-state index contributed by atoms with van der Waals surface area (Å²) < 4.78 is 32.6. The molecule has 6 atom stereocenters. The average Bonchev–Trinajstić information content (AvgIpc) is 3.00. The van der Waals surface area contributed by atoms with Gasteiger partial charge in [0.15, 0.2) is 6.29 Å². The highest BCUT2D eigenvalue weighted by Crippen LogP contribution is 2.39. The van der Waals surface area contributed by atoms with Gasteiger partial charge in [0.25, 0.3) is 0 Å². The lowest BCUT2D eigenvalue weighted by Crippen LogP contribution is -2.62. The normalized spacial score (nSPS) is 26.8. The first kappa shape index (κ1) is 26.5. The first-order valence-electron chi connectivity index (χ1n) is 13.6. The summed E-state index contributed by atoms with van der Waals surface area (Å²) in [7, 11) is 0. The second-order valence-electron chi connectivity index (χ2n) is 9.89. The summed E-state index contributed by atoms with van der Waals surface area (Å²) in [6, 6.07) is 35.2. The van der Waals surface area contributed by atoms with Crippen molar-refractivity contribution in [2.45, 2.75) is 56.3 Å². The van der Waals surface area contributed by atoms with E-state index < -0.39 is 6.29 Å². The van der Waals surface area contributed by atoms with Gasteiger partial charge in [0.1, 0.15) is 29.9 Å². The monoisotopic (exact) mass is 542 g/mol.